The van der Waals surface area contributed by atoms with Crippen LogP contribution in [0.1, 0.15) is 24.2 Å². The number of carbonyl (C=O) groups excluding carboxylic acids is 1. The summed E-state index contributed by atoms with van der Waals surface area (Å²) in [7, 11) is 0. The number of para-hydroxylation sites is 3. The number of halogens is 1. The van der Waals surface area contributed by atoms with Gasteiger partial charge in [-0.05, 0) is 50.2 Å². The lowest BCUT2D eigenvalue weighted by atomic mass is 10.2. The highest BCUT2D eigenvalue weighted by Crippen LogP contribution is 2.28. The standard InChI is InChI=1S/C21H20ClN3O2/c1-14(2)27-19-10-6-5-9-18(19)24-20-13-15(11-12-23-20)21(26)25-17-8-4-3-7-16(17)22/h3-14H,1-2H3,(H,23,24)(H,25,26). The highest BCUT2D eigenvalue weighted by molar-refractivity contribution is 6.33. The highest BCUT2D eigenvalue weighted by Gasteiger charge is 2.11. The molecule has 0 saturated heterocycles. The third kappa shape index (κ3) is 4.99. The number of amides is 1. The minimum atomic E-state index is -0.264. The summed E-state index contributed by atoms with van der Waals surface area (Å²) in [6.07, 6.45) is 1.63. The third-order valence-electron chi connectivity index (χ3n) is 3.66. The van der Waals surface area contributed by atoms with Crippen molar-refractivity contribution in [2.24, 2.45) is 0 Å². The Balaban J connectivity index is 1.78. The Morgan fingerprint density at radius 1 is 1.04 bits per heavy atom. The second-order valence-corrected chi connectivity index (χ2v) is 6.56. The summed E-state index contributed by atoms with van der Waals surface area (Å²) in [5.41, 5.74) is 1.81. The smallest absolute Gasteiger partial charge is 0.255 e. The van der Waals surface area contributed by atoms with Crippen LogP contribution in [0.25, 0.3) is 0 Å². The maximum Gasteiger partial charge on any atom is 0.255 e. The summed E-state index contributed by atoms with van der Waals surface area (Å²) >= 11 is 6.10. The van der Waals surface area contributed by atoms with Crippen molar-refractivity contribution < 1.29 is 9.53 Å². The van der Waals surface area contributed by atoms with Crippen molar-refractivity contribution in [3.05, 3.63) is 77.4 Å². The van der Waals surface area contributed by atoms with E-state index in [1.165, 1.54) is 0 Å². The van der Waals surface area contributed by atoms with Gasteiger partial charge in [-0.1, -0.05) is 35.9 Å². The first-order valence-electron chi connectivity index (χ1n) is 8.57. The second-order valence-electron chi connectivity index (χ2n) is 6.15. The number of nitrogens with one attached hydrogen (secondary N) is 2. The van der Waals surface area contributed by atoms with Crippen LogP contribution in [0.15, 0.2) is 66.9 Å². The van der Waals surface area contributed by atoms with Crippen LogP contribution in [0.4, 0.5) is 17.2 Å². The average Bonchev–Trinajstić information content (AvgIpc) is 2.65. The maximum absolute atomic E-state index is 12.5. The van der Waals surface area contributed by atoms with Gasteiger partial charge < -0.3 is 15.4 Å². The maximum atomic E-state index is 12.5. The molecular formula is C21H20ClN3O2. The van der Waals surface area contributed by atoms with Gasteiger partial charge in [0, 0.05) is 11.8 Å². The number of nitrogens with zero attached hydrogens (tertiary/aromatic N) is 1. The Hall–Kier alpha value is -3.05. The summed E-state index contributed by atoms with van der Waals surface area (Å²) in [5, 5.41) is 6.49. The normalized spacial score (nSPS) is 10.5. The van der Waals surface area contributed by atoms with E-state index in [2.05, 4.69) is 15.6 Å². The van der Waals surface area contributed by atoms with E-state index in [4.69, 9.17) is 16.3 Å². The van der Waals surface area contributed by atoms with E-state index in [9.17, 15) is 4.79 Å². The predicted molar refractivity (Wildman–Crippen MR) is 109 cm³/mol. The SMILES string of the molecule is CC(C)Oc1ccccc1Nc1cc(C(=O)Nc2ccccc2Cl)ccn1. The Morgan fingerprint density at radius 3 is 2.48 bits per heavy atom. The van der Waals surface area contributed by atoms with Gasteiger partial charge in [0.1, 0.15) is 11.6 Å². The number of hydrogen-bond acceptors (Lipinski definition) is 4. The monoisotopic (exact) mass is 381 g/mol. The number of rotatable bonds is 6. The molecule has 0 aliphatic carbocycles. The first-order valence-corrected chi connectivity index (χ1v) is 8.95. The number of pyridine rings is 1. The topological polar surface area (TPSA) is 63.2 Å². The van der Waals surface area contributed by atoms with Gasteiger partial charge in [-0.25, -0.2) is 4.98 Å². The van der Waals surface area contributed by atoms with Crippen molar-refractivity contribution in [2.75, 3.05) is 10.6 Å². The zero-order valence-electron chi connectivity index (χ0n) is 15.1. The van der Waals surface area contributed by atoms with E-state index in [1.54, 1.807) is 30.5 Å². The van der Waals surface area contributed by atoms with Crippen molar-refractivity contribution >= 4 is 34.7 Å². The lowest BCUT2D eigenvalue weighted by molar-refractivity contribution is 0.102. The van der Waals surface area contributed by atoms with E-state index >= 15 is 0 Å². The number of aromatic nitrogens is 1. The third-order valence-corrected chi connectivity index (χ3v) is 3.99. The molecule has 3 rings (SSSR count). The number of anilines is 3. The first kappa shape index (κ1) is 18.7. The van der Waals surface area contributed by atoms with Crippen LogP contribution in [-0.2, 0) is 0 Å². The summed E-state index contributed by atoms with van der Waals surface area (Å²) in [5.74, 6) is 1.00. The number of hydrogen-bond donors (Lipinski definition) is 2. The minimum Gasteiger partial charge on any atom is -0.489 e. The van der Waals surface area contributed by atoms with Gasteiger partial charge in [-0.15, -0.1) is 0 Å². The van der Waals surface area contributed by atoms with E-state index in [1.807, 2.05) is 50.2 Å². The molecule has 5 nitrogen and oxygen atoms in total. The largest absolute Gasteiger partial charge is 0.489 e. The zero-order valence-corrected chi connectivity index (χ0v) is 15.8. The lowest BCUT2D eigenvalue weighted by Gasteiger charge is -2.15. The molecule has 0 aliphatic heterocycles. The molecule has 2 aromatic carbocycles. The van der Waals surface area contributed by atoms with Crippen molar-refractivity contribution in [1.82, 2.24) is 4.98 Å². The Morgan fingerprint density at radius 2 is 1.74 bits per heavy atom. The summed E-state index contributed by atoms with van der Waals surface area (Å²) in [4.78, 5) is 16.8. The van der Waals surface area contributed by atoms with Gasteiger partial charge in [0.2, 0.25) is 0 Å². The van der Waals surface area contributed by atoms with Crippen molar-refractivity contribution in [3.63, 3.8) is 0 Å². The fourth-order valence-electron chi connectivity index (χ4n) is 2.46. The minimum absolute atomic E-state index is 0.0497. The Bertz CT molecular complexity index is 944. The van der Waals surface area contributed by atoms with Crippen LogP contribution < -0.4 is 15.4 Å². The molecule has 138 valence electrons. The van der Waals surface area contributed by atoms with Crippen molar-refractivity contribution in [1.29, 1.82) is 0 Å². The zero-order chi connectivity index (χ0) is 19.2. The van der Waals surface area contributed by atoms with E-state index in [0.717, 1.165) is 11.4 Å². The van der Waals surface area contributed by atoms with Crippen LogP contribution in [0, 0.1) is 0 Å². The molecule has 3 aromatic rings. The van der Waals surface area contributed by atoms with Gasteiger partial charge in [0.05, 0.1) is 22.5 Å². The van der Waals surface area contributed by atoms with E-state index < -0.39 is 0 Å². The van der Waals surface area contributed by atoms with Crippen LogP contribution in [0.3, 0.4) is 0 Å². The molecule has 1 heterocycles. The van der Waals surface area contributed by atoms with Gasteiger partial charge in [0.25, 0.3) is 5.91 Å². The Kier molecular flexibility index (Phi) is 5.94. The quantitative estimate of drug-likeness (QED) is 0.590. The molecule has 0 aliphatic rings. The number of ether oxygens (including phenoxy) is 1. The molecule has 0 saturated carbocycles. The Labute approximate surface area is 163 Å². The number of benzene rings is 2. The molecule has 0 atom stereocenters. The molecule has 0 radical (unpaired) electrons. The summed E-state index contributed by atoms with van der Waals surface area (Å²) in [6, 6.07) is 18.0. The molecule has 1 amide bonds. The molecule has 0 bridgehead atoms. The van der Waals surface area contributed by atoms with Gasteiger partial charge >= 0.3 is 0 Å². The molecule has 27 heavy (non-hydrogen) atoms. The van der Waals surface area contributed by atoms with Gasteiger partial charge in [-0.2, -0.15) is 0 Å². The van der Waals surface area contributed by atoms with Gasteiger partial charge in [0.15, 0.2) is 0 Å². The van der Waals surface area contributed by atoms with Gasteiger partial charge in [-0.3, -0.25) is 4.79 Å². The van der Waals surface area contributed by atoms with Crippen LogP contribution in [-0.4, -0.2) is 17.0 Å². The van der Waals surface area contributed by atoms with Crippen molar-refractivity contribution in [2.45, 2.75) is 20.0 Å². The van der Waals surface area contributed by atoms with Crippen molar-refractivity contribution in [3.8, 4) is 5.75 Å². The summed E-state index contributed by atoms with van der Waals surface area (Å²) in [6.45, 7) is 3.93. The first-order chi connectivity index (χ1) is 13.0. The highest BCUT2D eigenvalue weighted by atomic mass is 35.5. The fourth-order valence-corrected chi connectivity index (χ4v) is 2.64. The van der Waals surface area contributed by atoms with Crippen LogP contribution >= 0.6 is 11.6 Å². The molecule has 0 spiro atoms. The molecule has 2 N–H and O–H groups in total. The lowest BCUT2D eigenvalue weighted by Crippen LogP contribution is -2.13. The summed E-state index contributed by atoms with van der Waals surface area (Å²) < 4.78 is 5.80. The number of carbonyl (C=O) groups is 1. The average molecular weight is 382 g/mol. The predicted octanol–water partition coefficient (Wildman–Crippen LogP) is 5.52. The molecule has 1 aromatic heterocycles. The molecule has 6 heteroatoms. The molecule has 0 unspecified atom stereocenters. The van der Waals surface area contributed by atoms with Crippen LogP contribution in [0.5, 0.6) is 5.75 Å². The second kappa shape index (κ2) is 8.56. The van der Waals surface area contributed by atoms with E-state index in [-0.39, 0.29) is 12.0 Å². The molecular weight excluding hydrogens is 362 g/mol. The fraction of sp³-hybridized carbons (Fsp3) is 0.143. The van der Waals surface area contributed by atoms with E-state index in [0.29, 0.717) is 22.1 Å². The molecule has 0 fully saturated rings. The van der Waals surface area contributed by atoms with Crippen LogP contribution in [0.2, 0.25) is 5.02 Å².